The van der Waals surface area contributed by atoms with Gasteiger partial charge < -0.3 is 30.0 Å². The average molecular weight is 708 g/mol. The molecule has 2 amide bonds. The third-order valence-electron chi connectivity index (χ3n) is 9.28. The number of hydrogen-bond acceptors (Lipinski definition) is 10. The van der Waals surface area contributed by atoms with E-state index in [4.69, 9.17) is 19.2 Å². The first-order valence-corrected chi connectivity index (χ1v) is 18.6. The number of thiazole rings is 1. The molecule has 3 heterocycles. The van der Waals surface area contributed by atoms with Gasteiger partial charge in [0.2, 0.25) is 5.91 Å². The quantitative estimate of drug-likeness (QED) is 0.146. The highest BCUT2D eigenvalue weighted by Gasteiger charge is 2.44. The molecule has 2 aliphatic rings. The Labute approximate surface area is 300 Å². The van der Waals surface area contributed by atoms with Crippen molar-refractivity contribution < 1.29 is 28.9 Å². The minimum absolute atomic E-state index is 0.00397. The molecule has 11 nitrogen and oxygen atoms in total. The normalized spacial score (nSPS) is 21.2. The number of carbonyl (C=O) groups excluding carboxylic acids is 2. The molecule has 0 aliphatic carbocycles. The van der Waals surface area contributed by atoms with Crippen LogP contribution in [-0.2, 0) is 38.4 Å². The Bertz CT molecular complexity index is 1490. The Balaban J connectivity index is 1.27. The van der Waals surface area contributed by atoms with Gasteiger partial charge in [-0.2, -0.15) is 0 Å². The van der Waals surface area contributed by atoms with Gasteiger partial charge in [-0.05, 0) is 42.7 Å². The zero-order chi connectivity index (χ0) is 35.6. The van der Waals surface area contributed by atoms with Crippen molar-refractivity contribution in [3.05, 3.63) is 87.9 Å². The second-order valence-electron chi connectivity index (χ2n) is 14.1. The van der Waals surface area contributed by atoms with Crippen LogP contribution < -0.4 is 16.1 Å². The smallest absolute Gasteiger partial charge is 0.407 e. The number of alkyl carbamates (subject to hydrolysis) is 1. The second-order valence-corrected chi connectivity index (χ2v) is 15.0. The minimum Gasteiger partial charge on any atom is -0.443 e. The summed E-state index contributed by atoms with van der Waals surface area (Å²) in [7, 11) is 1.92. The molecule has 2 saturated heterocycles. The van der Waals surface area contributed by atoms with Gasteiger partial charge in [0.15, 0.2) is 6.29 Å². The lowest BCUT2D eigenvalue weighted by molar-refractivity contribution is -0.126. The maximum Gasteiger partial charge on any atom is 0.407 e. The zero-order valence-electron chi connectivity index (χ0n) is 29.8. The monoisotopic (exact) mass is 707 g/mol. The third-order valence-corrected chi connectivity index (χ3v) is 10.5. The van der Waals surface area contributed by atoms with Gasteiger partial charge in [-0.25, -0.2) is 20.2 Å². The van der Waals surface area contributed by atoms with E-state index >= 15 is 0 Å². The molecule has 12 heteroatoms. The van der Waals surface area contributed by atoms with Crippen molar-refractivity contribution in [2.24, 2.45) is 11.8 Å². The molecule has 4 N–H and O–H groups in total. The van der Waals surface area contributed by atoms with E-state index < -0.39 is 36.4 Å². The van der Waals surface area contributed by atoms with Gasteiger partial charge in [-0.1, -0.05) is 88.4 Å². The SMILES string of the molecule is CC(C)c1nc(CN(C)N[C@@H](C(=O)N[C@@H](Cc2ccccc2)C[C@H](O)[C@H](Cc2ccccc2)NC(=O)OC2COC3OCCC23)C(C)C)cs1. The Morgan fingerprint density at radius 1 is 1.00 bits per heavy atom. The summed E-state index contributed by atoms with van der Waals surface area (Å²) in [6.07, 6.45) is -0.480. The van der Waals surface area contributed by atoms with E-state index in [9.17, 15) is 14.7 Å². The fraction of sp³-hybridized carbons (Fsp3) is 0.553. The highest BCUT2D eigenvalue weighted by atomic mass is 32.1. The molecule has 7 atom stereocenters. The molecule has 1 aromatic heterocycles. The molecular formula is C38H53N5O6S. The number of amides is 2. The molecule has 0 saturated carbocycles. The van der Waals surface area contributed by atoms with Crippen molar-refractivity contribution in [3.63, 3.8) is 0 Å². The first kappa shape index (κ1) is 37.9. The van der Waals surface area contributed by atoms with Gasteiger partial charge in [0.05, 0.1) is 48.5 Å². The summed E-state index contributed by atoms with van der Waals surface area (Å²) in [4.78, 5) is 32.0. The number of nitrogens with zero attached hydrogens (tertiary/aromatic N) is 2. The Morgan fingerprint density at radius 3 is 2.32 bits per heavy atom. The second kappa shape index (κ2) is 18.2. The molecule has 0 spiro atoms. The standard InChI is InChI=1S/C38H53N5O6S/c1-24(2)34(42-43(5)21-29-23-50-36(40-29)25(3)4)35(45)39-28(18-26-12-8-6-9-13-26)20-32(44)31(19-27-14-10-7-11-15-27)41-38(46)49-33-22-48-37-30(33)16-17-47-37/h6-15,23-25,28,30-34,37,42,44H,16-22H2,1-5H3,(H,39,45)(H,41,46)/t28-,30?,31-,32-,33?,34+,37?/m0/s1. The lowest BCUT2D eigenvalue weighted by atomic mass is 9.93. The topological polar surface area (TPSA) is 134 Å². The number of rotatable bonds is 17. The van der Waals surface area contributed by atoms with E-state index in [1.807, 2.05) is 86.6 Å². The van der Waals surface area contributed by atoms with Gasteiger partial charge in [-0.15, -0.1) is 11.3 Å². The van der Waals surface area contributed by atoms with E-state index in [0.29, 0.717) is 31.9 Å². The number of ether oxygens (including phenoxy) is 3. The third kappa shape index (κ3) is 10.8. The number of fused-ring (bicyclic) bond motifs is 1. The fourth-order valence-corrected chi connectivity index (χ4v) is 7.38. The summed E-state index contributed by atoms with van der Waals surface area (Å²) in [5, 5.41) is 23.0. The predicted octanol–water partition coefficient (Wildman–Crippen LogP) is 4.80. The predicted molar refractivity (Wildman–Crippen MR) is 193 cm³/mol. The molecule has 2 fully saturated rings. The van der Waals surface area contributed by atoms with Crippen LogP contribution in [0.3, 0.4) is 0 Å². The number of hydrazine groups is 1. The van der Waals surface area contributed by atoms with Crippen LogP contribution in [-0.4, -0.2) is 84.0 Å². The van der Waals surface area contributed by atoms with Crippen molar-refractivity contribution in [1.29, 1.82) is 0 Å². The number of nitrogens with one attached hydrogen (secondary N) is 3. The molecule has 0 bridgehead atoms. The van der Waals surface area contributed by atoms with Crippen molar-refractivity contribution >= 4 is 23.3 Å². The van der Waals surface area contributed by atoms with Gasteiger partial charge in [0, 0.05) is 24.4 Å². The Morgan fingerprint density at radius 2 is 1.68 bits per heavy atom. The van der Waals surface area contributed by atoms with E-state index in [1.165, 1.54) is 0 Å². The number of carbonyl (C=O) groups is 2. The molecule has 2 aliphatic heterocycles. The number of aliphatic hydroxyl groups excluding tert-OH is 1. The first-order chi connectivity index (χ1) is 24.0. The van der Waals surface area contributed by atoms with Gasteiger partial charge in [0.25, 0.3) is 0 Å². The van der Waals surface area contributed by atoms with Gasteiger partial charge in [0.1, 0.15) is 12.1 Å². The van der Waals surface area contributed by atoms with Crippen LogP contribution in [0.25, 0.3) is 0 Å². The van der Waals surface area contributed by atoms with E-state index in [-0.39, 0.29) is 37.1 Å². The van der Waals surface area contributed by atoms with Crippen LogP contribution in [0, 0.1) is 11.8 Å². The summed E-state index contributed by atoms with van der Waals surface area (Å²) < 4.78 is 17.0. The lowest BCUT2D eigenvalue weighted by Crippen LogP contribution is -2.56. The molecule has 272 valence electrons. The van der Waals surface area contributed by atoms with E-state index in [1.54, 1.807) is 11.3 Å². The van der Waals surface area contributed by atoms with Crippen LogP contribution in [0.15, 0.2) is 66.0 Å². The van der Waals surface area contributed by atoms with Crippen LogP contribution in [0.4, 0.5) is 4.79 Å². The van der Waals surface area contributed by atoms with Crippen molar-refractivity contribution in [1.82, 2.24) is 26.1 Å². The van der Waals surface area contributed by atoms with Crippen molar-refractivity contribution in [2.75, 3.05) is 20.3 Å². The molecule has 2 aromatic carbocycles. The van der Waals surface area contributed by atoms with Crippen LogP contribution >= 0.6 is 11.3 Å². The molecule has 5 rings (SSSR count). The molecular weight excluding hydrogens is 655 g/mol. The Kier molecular flexibility index (Phi) is 13.8. The largest absolute Gasteiger partial charge is 0.443 e. The molecule has 50 heavy (non-hydrogen) atoms. The summed E-state index contributed by atoms with van der Waals surface area (Å²) in [6.45, 7) is 9.68. The lowest BCUT2D eigenvalue weighted by Gasteiger charge is -2.31. The van der Waals surface area contributed by atoms with Crippen LogP contribution in [0.5, 0.6) is 0 Å². The summed E-state index contributed by atoms with van der Waals surface area (Å²) in [6, 6.07) is 18.0. The van der Waals surface area contributed by atoms with Crippen LogP contribution in [0.1, 0.15) is 68.3 Å². The first-order valence-electron chi connectivity index (χ1n) is 17.7. The molecule has 0 radical (unpaired) electrons. The number of benzene rings is 2. The summed E-state index contributed by atoms with van der Waals surface area (Å²) in [5.41, 5.74) is 6.33. The minimum atomic E-state index is -0.993. The highest BCUT2D eigenvalue weighted by molar-refractivity contribution is 7.09. The van der Waals surface area contributed by atoms with Crippen LogP contribution in [0.2, 0.25) is 0 Å². The molecule has 3 unspecified atom stereocenters. The summed E-state index contributed by atoms with van der Waals surface area (Å²) >= 11 is 1.65. The van der Waals surface area contributed by atoms with E-state index in [2.05, 4.69) is 35.3 Å². The van der Waals surface area contributed by atoms with Crippen molar-refractivity contribution in [3.8, 4) is 0 Å². The molecule has 3 aromatic rings. The zero-order valence-corrected chi connectivity index (χ0v) is 30.6. The maximum absolute atomic E-state index is 14.0. The number of aromatic nitrogens is 1. The van der Waals surface area contributed by atoms with Gasteiger partial charge in [-0.3, -0.25) is 4.79 Å². The number of aliphatic hydroxyl groups is 1. The van der Waals surface area contributed by atoms with Gasteiger partial charge >= 0.3 is 6.09 Å². The van der Waals surface area contributed by atoms with Crippen molar-refractivity contribution in [2.45, 2.75) is 102 Å². The fourth-order valence-electron chi connectivity index (χ4n) is 6.56. The maximum atomic E-state index is 14.0. The highest BCUT2D eigenvalue weighted by Crippen LogP contribution is 2.33. The Hall–Kier alpha value is -3.39. The summed E-state index contributed by atoms with van der Waals surface area (Å²) in [5.74, 6) is 0.183. The van der Waals surface area contributed by atoms with E-state index in [0.717, 1.165) is 28.2 Å². The number of hydrogen-bond donors (Lipinski definition) is 4. The average Bonchev–Trinajstić information content (AvgIpc) is 3.83.